The first-order chi connectivity index (χ1) is 8.19. The number of aryl methyl sites for hydroxylation is 1. The molecule has 0 radical (unpaired) electrons. The molecule has 0 atom stereocenters. The normalized spacial score (nSPS) is 19.4. The molecule has 0 aliphatic carbocycles. The summed E-state index contributed by atoms with van der Waals surface area (Å²) in [4.78, 5) is 2.38. The van der Waals surface area contributed by atoms with E-state index in [0.717, 1.165) is 25.9 Å². The van der Waals surface area contributed by atoms with Crippen LogP contribution in [0.2, 0.25) is 0 Å². The third kappa shape index (κ3) is 2.61. The number of piperidine rings is 1. The second-order valence-corrected chi connectivity index (χ2v) is 4.64. The maximum absolute atomic E-state index is 5.48. The Morgan fingerprint density at radius 3 is 2.00 bits per heavy atom. The van der Waals surface area contributed by atoms with Crippen molar-refractivity contribution in [1.29, 1.82) is 0 Å². The lowest BCUT2D eigenvalue weighted by atomic mass is 10.0. The van der Waals surface area contributed by atoms with Crippen LogP contribution in [0.3, 0.4) is 0 Å². The molecule has 0 bridgehead atoms. The van der Waals surface area contributed by atoms with Crippen LogP contribution in [0.4, 0.5) is 5.69 Å². The van der Waals surface area contributed by atoms with Crippen molar-refractivity contribution < 1.29 is 9.47 Å². The number of nitrogens with zero attached hydrogens (tertiary/aromatic N) is 1. The summed E-state index contributed by atoms with van der Waals surface area (Å²) >= 11 is 0. The van der Waals surface area contributed by atoms with Gasteiger partial charge >= 0.3 is 0 Å². The highest BCUT2D eigenvalue weighted by molar-refractivity contribution is 5.47. The van der Waals surface area contributed by atoms with Gasteiger partial charge in [0.15, 0.2) is 5.79 Å². The first-order valence-corrected chi connectivity index (χ1v) is 6.11. The molecule has 0 spiro atoms. The van der Waals surface area contributed by atoms with Crippen molar-refractivity contribution in [2.75, 3.05) is 32.2 Å². The zero-order valence-electron chi connectivity index (χ0n) is 10.9. The molecule has 3 nitrogen and oxygen atoms in total. The van der Waals surface area contributed by atoms with Gasteiger partial charge in [-0.25, -0.2) is 0 Å². The average molecular weight is 235 g/mol. The average Bonchev–Trinajstić information content (AvgIpc) is 2.40. The highest BCUT2D eigenvalue weighted by atomic mass is 16.7. The number of hydrogen-bond donors (Lipinski definition) is 0. The van der Waals surface area contributed by atoms with E-state index in [1.165, 1.54) is 11.3 Å². The summed E-state index contributed by atoms with van der Waals surface area (Å²) in [6, 6.07) is 8.68. The van der Waals surface area contributed by atoms with Gasteiger partial charge in [0.25, 0.3) is 0 Å². The fourth-order valence-electron chi connectivity index (χ4n) is 2.35. The van der Waals surface area contributed by atoms with Gasteiger partial charge in [-0.2, -0.15) is 0 Å². The molecule has 2 rings (SSSR count). The third-order valence-electron chi connectivity index (χ3n) is 3.67. The fourth-order valence-corrected chi connectivity index (χ4v) is 2.35. The van der Waals surface area contributed by atoms with Crippen LogP contribution in [0.25, 0.3) is 0 Å². The molecule has 3 heteroatoms. The lowest BCUT2D eigenvalue weighted by Crippen LogP contribution is -2.46. The number of rotatable bonds is 3. The second-order valence-electron chi connectivity index (χ2n) is 4.64. The fraction of sp³-hybridized carbons (Fsp3) is 0.571. The van der Waals surface area contributed by atoms with Crippen LogP contribution in [0, 0.1) is 6.92 Å². The van der Waals surface area contributed by atoms with Gasteiger partial charge < -0.3 is 14.4 Å². The Morgan fingerprint density at radius 1 is 1.00 bits per heavy atom. The minimum Gasteiger partial charge on any atom is -0.371 e. The van der Waals surface area contributed by atoms with E-state index in [4.69, 9.17) is 9.47 Å². The number of methoxy groups -OCH3 is 2. The molecule has 1 aromatic carbocycles. The van der Waals surface area contributed by atoms with E-state index in [9.17, 15) is 0 Å². The highest BCUT2D eigenvalue weighted by Gasteiger charge is 2.34. The monoisotopic (exact) mass is 235 g/mol. The molecule has 1 aliphatic heterocycles. The summed E-state index contributed by atoms with van der Waals surface area (Å²) in [5.74, 6) is -0.374. The topological polar surface area (TPSA) is 21.7 Å². The standard InChI is InChI=1S/C14H21NO2/c1-12-4-6-13(7-5-12)15-10-8-14(16-2,17-3)9-11-15/h4-7H,8-11H2,1-3H3. The van der Waals surface area contributed by atoms with Gasteiger partial charge in [-0.3, -0.25) is 0 Å². The van der Waals surface area contributed by atoms with Gasteiger partial charge in [0.1, 0.15) is 0 Å². The first kappa shape index (κ1) is 12.4. The van der Waals surface area contributed by atoms with E-state index in [1.54, 1.807) is 14.2 Å². The lowest BCUT2D eigenvalue weighted by Gasteiger charge is -2.40. The van der Waals surface area contributed by atoms with Crippen LogP contribution >= 0.6 is 0 Å². The first-order valence-electron chi connectivity index (χ1n) is 6.11. The SMILES string of the molecule is COC1(OC)CCN(c2ccc(C)cc2)CC1. The van der Waals surface area contributed by atoms with Crippen LogP contribution in [-0.2, 0) is 9.47 Å². The Balaban J connectivity index is 2.01. The minimum absolute atomic E-state index is 0.374. The molecular formula is C14H21NO2. The number of anilines is 1. The van der Waals surface area contributed by atoms with Gasteiger partial charge in [-0.15, -0.1) is 0 Å². The molecule has 1 fully saturated rings. The second kappa shape index (κ2) is 5.07. The van der Waals surface area contributed by atoms with Crippen molar-refractivity contribution in [2.24, 2.45) is 0 Å². The molecule has 1 heterocycles. The molecule has 0 unspecified atom stereocenters. The van der Waals surface area contributed by atoms with Gasteiger partial charge in [-0.1, -0.05) is 17.7 Å². The Kier molecular flexibility index (Phi) is 3.69. The smallest absolute Gasteiger partial charge is 0.170 e. The molecule has 0 amide bonds. The van der Waals surface area contributed by atoms with E-state index >= 15 is 0 Å². The van der Waals surface area contributed by atoms with Crippen molar-refractivity contribution in [1.82, 2.24) is 0 Å². The predicted octanol–water partition coefficient (Wildman–Crippen LogP) is 2.58. The van der Waals surface area contributed by atoms with Crippen LogP contribution in [0.1, 0.15) is 18.4 Å². The van der Waals surface area contributed by atoms with Crippen molar-refractivity contribution >= 4 is 5.69 Å². The van der Waals surface area contributed by atoms with E-state index < -0.39 is 0 Å². The van der Waals surface area contributed by atoms with Crippen LogP contribution < -0.4 is 4.90 Å². The van der Waals surface area contributed by atoms with E-state index in [-0.39, 0.29) is 5.79 Å². The lowest BCUT2D eigenvalue weighted by molar-refractivity contribution is -0.216. The van der Waals surface area contributed by atoms with Crippen molar-refractivity contribution in [2.45, 2.75) is 25.6 Å². The number of benzene rings is 1. The molecule has 17 heavy (non-hydrogen) atoms. The molecule has 1 aromatic rings. The summed E-state index contributed by atoms with van der Waals surface area (Å²) in [5.41, 5.74) is 2.59. The van der Waals surface area contributed by atoms with Crippen LogP contribution in [0.5, 0.6) is 0 Å². The predicted molar refractivity (Wildman–Crippen MR) is 69.4 cm³/mol. The van der Waals surface area contributed by atoms with Crippen molar-refractivity contribution in [3.8, 4) is 0 Å². The van der Waals surface area contributed by atoms with Crippen molar-refractivity contribution in [3.05, 3.63) is 29.8 Å². The quantitative estimate of drug-likeness (QED) is 0.752. The summed E-state index contributed by atoms with van der Waals surface area (Å²) < 4.78 is 11.0. The Bertz CT molecular complexity index is 347. The maximum Gasteiger partial charge on any atom is 0.170 e. The Hall–Kier alpha value is -1.06. The van der Waals surface area contributed by atoms with Gasteiger partial charge in [0.2, 0.25) is 0 Å². The van der Waals surface area contributed by atoms with E-state index in [1.807, 2.05) is 0 Å². The largest absolute Gasteiger partial charge is 0.371 e. The number of ether oxygens (including phenoxy) is 2. The number of hydrogen-bond acceptors (Lipinski definition) is 3. The zero-order chi connectivity index (χ0) is 12.3. The van der Waals surface area contributed by atoms with Gasteiger partial charge in [-0.05, 0) is 19.1 Å². The summed E-state index contributed by atoms with van der Waals surface area (Å²) in [6.45, 7) is 4.07. The molecule has 0 aromatic heterocycles. The van der Waals surface area contributed by atoms with E-state index in [2.05, 4.69) is 36.1 Å². The third-order valence-corrected chi connectivity index (χ3v) is 3.67. The van der Waals surface area contributed by atoms with Crippen LogP contribution in [-0.4, -0.2) is 33.1 Å². The van der Waals surface area contributed by atoms with E-state index in [0.29, 0.717) is 0 Å². The molecule has 0 N–H and O–H groups in total. The molecule has 94 valence electrons. The van der Waals surface area contributed by atoms with Gasteiger partial charge in [0, 0.05) is 45.8 Å². The summed E-state index contributed by atoms with van der Waals surface area (Å²) in [6.07, 6.45) is 1.82. The Labute approximate surface area is 103 Å². The highest BCUT2D eigenvalue weighted by Crippen LogP contribution is 2.29. The Morgan fingerprint density at radius 2 is 1.53 bits per heavy atom. The van der Waals surface area contributed by atoms with Crippen LogP contribution in [0.15, 0.2) is 24.3 Å². The summed E-state index contributed by atoms with van der Waals surface area (Å²) in [5, 5.41) is 0. The van der Waals surface area contributed by atoms with Gasteiger partial charge in [0.05, 0.1) is 0 Å². The zero-order valence-corrected chi connectivity index (χ0v) is 10.9. The summed E-state index contributed by atoms with van der Waals surface area (Å²) in [7, 11) is 3.45. The molecule has 1 saturated heterocycles. The van der Waals surface area contributed by atoms with Crippen molar-refractivity contribution in [3.63, 3.8) is 0 Å². The molecule has 1 aliphatic rings. The molecular weight excluding hydrogens is 214 g/mol. The molecule has 0 saturated carbocycles. The minimum atomic E-state index is -0.374. The maximum atomic E-state index is 5.48.